The minimum Gasteiger partial charge on any atom is -0.374 e. The van der Waals surface area contributed by atoms with Gasteiger partial charge in [-0.25, -0.2) is 0 Å². The Balaban J connectivity index is 0.00000220. The van der Waals surface area contributed by atoms with Crippen LogP contribution in [0.2, 0.25) is 10.0 Å². The van der Waals surface area contributed by atoms with Crippen LogP contribution in [0.3, 0.4) is 0 Å². The Hall–Kier alpha value is -0.940. The lowest BCUT2D eigenvalue weighted by Crippen LogP contribution is -2.43. The smallest absolute Gasteiger partial charge is 0.374 e. The maximum absolute atomic E-state index is 13.5. The Labute approximate surface area is 131 Å². The fourth-order valence-corrected chi connectivity index (χ4v) is 2.55. The predicted molar refractivity (Wildman–Crippen MR) is 78.9 cm³/mol. The van der Waals surface area contributed by atoms with Gasteiger partial charge in [-0.2, -0.15) is 13.2 Å². The summed E-state index contributed by atoms with van der Waals surface area (Å²) in [6.07, 6.45) is -4.98. The molecule has 1 aromatic carbocycles. The van der Waals surface area contributed by atoms with Crippen LogP contribution in [-0.4, -0.2) is 11.9 Å². The molecule has 0 spiro atoms. The van der Waals surface area contributed by atoms with E-state index in [2.05, 4.69) is 5.16 Å². The third-order valence-corrected chi connectivity index (χ3v) is 3.64. The first-order valence-corrected chi connectivity index (χ1v) is 6.69. The molecular weight excluding hydrogens is 326 g/mol. The zero-order valence-electron chi connectivity index (χ0n) is 10.8. The van der Waals surface area contributed by atoms with Crippen molar-refractivity contribution in [3.63, 3.8) is 0 Å². The van der Waals surface area contributed by atoms with Crippen LogP contribution in [0.1, 0.15) is 33.3 Å². The minimum absolute atomic E-state index is 0. The largest absolute Gasteiger partial charge is 0.435 e. The molecule has 0 bridgehead atoms. The molecule has 1 heterocycles. The summed E-state index contributed by atoms with van der Waals surface area (Å²) in [6.45, 7) is 3.53. The average Bonchev–Trinajstić information content (AvgIpc) is 2.72. The van der Waals surface area contributed by atoms with Gasteiger partial charge >= 0.3 is 6.18 Å². The number of nitrogens with zero attached hydrogens (tertiary/aromatic N) is 1. The molecule has 118 valence electrons. The summed E-state index contributed by atoms with van der Waals surface area (Å²) in [6, 6.07) is 3.79. The number of rotatable bonds is 2. The molecule has 0 saturated heterocycles. The van der Waals surface area contributed by atoms with Crippen molar-refractivity contribution in [2.24, 2.45) is 11.1 Å². The fourth-order valence-electron chi connectivity index (χ4n) is 2.02. The van der Waals surface area contributed by atoms with Gasteiger partial charge in [0.1, 0.15) is 0 Å². The molecule has 7 heteroatoms. The number of alkyl halides is 3. The molecule has 2 nitrogen and oxygen atoms in total. The number of halogens is 5. The lowest BCUT2D eigenvalue weighted by Gasteiger charge is -2.29. The van der Waals surface area contributed by atoms with E-state index >= 15 is 0 Å². The van der Waals surface area contributed by atoms with Crippen molar-refractivity contribution < 1.29 is 18.0 Å². The summed E-state index contributed by atoms with van der Waals surface area (Å²) in [5.74, 6) is -0.131. The molecule has 0 amide bonds. The first kappa shape index (κ1) is 18.1. The quantitative estimate of drug-likeness (QED) is 0.664. The number of oxime groups is 1. The first-order chi connectivity index (χ1) is 9.15. The van der Waals surface area contributed by atoms with Crippen LogP contribution in [0.5, 0.6) is 0 Å². The summed E-state index contributed by atoms with van der Waals surface area (Å²) in [7, 11) is 0. The molecule has 0 fully saturated rings. The number of hydrogen-bond acceptors (Lipinski definition) is 2. The van der Waals surface area contributed by atoms with Gasteiger partial charge in [-0.05, 0) is 24.1 Å². The number of hydrogen-bond donors (Lipinski definition) is 0. The number of benzene rings is 1. The third kappa shape index (κ3) is 3.29. The Kier molecular flexibility index (Phi) is 5.22. The van der Waals surface area contributed by atoms with Crippen LogP contribution in [-0.2, 0) is 10.4 Å². The summed E-state index contributed by atoms with van der Waals surface area (Å²) in [5, 5.41) is 3.85. The third-order valence-electron chi connectivity index (χ3n) is 3.20. The van der Waals surface area contributed by atoms with Crippen LogP contribution in [0, 0.1) is 5.92 Å². The minimum atomic E-state index is -4.62. The maximum Gasteiger partial charge on any atom is 0.435 e. The van der Waals surface area contributed by atoms with Crippen LogP contribution in [0.4, 0.5) is 13.2 Å². The summed E-state index contributed by atoms with van der Waals surface area (Å²) < 4.78 is 40.6. The normalized spacial score (nSPS) is 21.8. The Morgan fingerprint density at radius 3 is 2.10 bits per heavy atom. The molecule has 0 radical (unpaired) electrons. The SMILES string of the molecule is C.CC(C)C1=NOC(c2cc(Cl)cc(Cl)c2)(C(F)(F)F)C1. The van der Waals surface area contributed by atoms with Crippen molar-refractivity contribution in [3.8, 4) is 0 Å². The second-order valence-corrected chi connectivity index (χ2v) is 5.86. The highest BCUT2D eigenvalue weighted by Gasteiger charge is 2.62. The van der Waals surface area contributed by atoms with E-state index in [4.69, 9.17) is 28.0 Å². The van der Waals surface area contributed by atoms with E-state index in [1.165, 1.54) is 18.2 Å². The van der Waals surface area contributed by atoms with Crippen molar-refractivity contribution in [2.75, 3.05) is 0 Å². The summed E-state index contributed by atoms with van der Waals surface area (Å²) >= 11 is 11.6. The second-order valence-electron chi connectivity index (χ2n) is 4.99. The Bertz CT molecular complexity index is 537. The van der Waals surface area contributed by atoms with E-state index in [0.29, 0.717) is 5.71 Å². The molecule has 1 aliphatic rings. The van der Waals surface area contributed by atoms with E-state index in [9.17, 15) is 13.2 Å². The van der Waals surface area contributed by atoms with Gasteiger partial charge in [0.2, 0.25) is 0 Å². The van der Waals surface area contributed by atoms with Gasteiger partial charge in [0.05, 0.1) is 5.71 Å². The van der Waals surface area contributed by atoms with E-state index in [1.807, 2.05) is 0 Å². The molecule has 1 unspecified atom stereocenters. The van der Waals surface area contributed by atoms with Gasteiger partial charge in [-0.1, -0.05) is 49.6 Å². The molecule has 0 saturated carbocycles. The van der Waals surface area contributed by atoms with Crippen molar-refractivity contribution in [2.45, 2.75) is 39.5 Å². The average molecular weight is 342 g/mol. The van der Waals surface area contributed by atoms with E-state index in [-0.39, 0.29) is 35.4 Å². The zero-order chi connectivity index (χ0) is 15.1. The lowest BCUT2D eigenvalue weighted by atomic mass is 9.86. The fraction of sp³-hybridized carbons (Fsp3) is 0.500. The predicted octanol–water partition coefficient (Wildman–Crippen LogP) is 5.82. The monoisotopic (exact) mass is 341 g/mol. The van der Waals surface area contributed by atoms with Crippen LogP contribution >= 0.6 is 23.2 Å². The molecule has 1 aliphatic heterocycles. The van der Waals surface area contributed by atoms with Gasteiger partial charge in [-0.3, -0.25) is 0 Å². The van der Waals surface area contributed by atoms with Gasteiger partial charge in [0.25, 0.3) is 5.60 Å². The van der Waals surface area contributed by atoms with Gasteiger partial charge < -0.3 is 4.84 Å². The maximum atomic E-state index is 13.5. The van der Waals surface area contributed by atoms with Crippen molar-refractivity contribution in [1.82, 2.24) is 0 Å². The van der Waals surface area contributed by atoms with Gasteiger partial charge in [-0.15, -0.1) is 0 Å². The second kappa shape index (κ2) is 6.05. The van der Waals surface area contributed by atoms with Crippen LogP contribution in [0.15, 0.2) is 23.4 Å². The molecule has 1 aromatic rings. The zero-order valence-corrected chi connectivity index (χ0v) is 12.3. The van der Waals surface area contributed by atoms with Crippen LogP contribution in [0.25, 0.3) is 0 Å². The van der Waals surface area contributed by atoms with Gasteiger partial charge in [0.15, 0.2) is 0 Å². The molecule has 0 aromatic heterocycles. The summed E-state index contributed by atoms with van der Waals surface area (Å²) in [5.41, 5.74) is -2.29. The highest BCUT2D eigenvalue weighted by atomic mass is 35.5. The lowest BCUT2D eigenvalue weighted by molar-refractivity contribution is -0.275. The van der Waals surface area contributed by atoms with Crippen LogP contribution < -0.4 is 0 Å². The topological polar surface area (TPSA) is 21.6 Å². The molecule has 2 rings (SSSR count). The molecule has 1 atom stereocenters. The van der Waals surface area contributed by atoms with Crippen molar-refractivity contribution in [3.05, 3.63) is 33.8 Å². The molecular formula is C14H16Cl2F3NO. The van der Waals surface area contributed by atoms with E-state index in [0.717, 1.165) is 0 Å². The Morgan fingerprint density at radius 1 is 1.19 bits per heavy atom. The molecule has 21 heavy (non-hydrogen) atoms. The first-order valence-electron chi connectivity index (χ1n) is 5.94. The van der Waals surface area contributed by atoms with Crippen molar-refractivity contribution in [1.29, 1.82) is 0 Å². The molecule has 0 aliphatic carbocycles. The molecule has 0 N–H and O–H groups in total. The van der Waals surface area contributed by atoms with E-state index in [1.54, 1.807) is 13.8 Å². The van der Waals surface area contributed by atoms with E-state index < -0.39 is 11.8 Å². The van der Waals surface area contributed by atoms with Gasteiger partial charge in [0, 0.05) is 22.0 Å². The summed E-state index contributed by atoms with van der Waals surface area (Å²) in [4.78, 5) is 4.82. The standard InChI is InChI=1S/C13H12Cl2F3NO.CH4/c1-7(2)11-6-12(20-19-11,13(16,17)18)8-3-9(14)5-10(15)4-8;/h3-5,7H,6H2,1-2H3;1H4. The Morgan fingerprint density at radius 2 is 1.71 bits per heavy atom. The highest BCUT2D eigenvalue weighted by molar-refractivity contribution is 6.34. The highest BCUT2D eigenvalue weighted by Crippen LogP contribution is 2.49. The van der Waals surface area contributed by atoms with Crippen molar-refractivity contribution >= 4 is 28.9 Å².